The van der Waals surface area contributed by atoms with Crippen LogP contribution < -0.4 is 0 Å². The third kappa shape index (κ3) is 3.44. The molecule has 130 valence electrons. The van der Waals surface area contributed by atoms with Gasteiger partial charge < -0.3 is 4.90 Å². The number of rotatable bonds is 4. The number of hydrogen-bond acceptors (Lipinski definition) is 4. The highest BCUT2D eigenvalue weighted by Gasteiger charge is 2.26. The Morgan fingerprint density at radius 2 is 2.20 bits per heavy atom. The summed E-state index contributed by atoms with van der Waals surface area (Å²) in [5.74, 6) is 0.610. The molecule has 3 heterocycles. The minimum Gasteiger partial charge on any atom is -0.342 e. The van der Waals surface area contributed by atoms with Crippen LogP contribution in [0.25, 0.3) is 10.2 Å². The average molecular weight is 354 g/mol. The number of nitrogens with zero attached hydrogens (tertiary/aromatic N) is 4. The fourth-order valence-electron chi connectivity index (χ4n) is 3.51. The van der Waals surface area contributed by atoms with Gasteiger partial charge in [-0.2, -0.15) is 5.10 Å². The van der Waals surface area contributed by atoms with Gasteiger partial charge in [-0.05, 0) is 37.5 Å². The highest BCUT2D eigenvalue weighted by Crippen LogP contribution is 2.33. The van der Waals surface area contributed by atoms with E-state index in [-0.39, 0.29) is 5.91 Å². The van der Waals surface area contributed by atoms with Gasteiger partial charge in [0.25, 0.3) is 0 Å². The van der Waals surface area contributed by atoms with Crippen LogP contribution in [0.5, 0.6) is 0 Å². The number of thiazole rings is 1. The van der Waals surface area contributed by atoms with Crippen LogP contribution in [-0.2, 0) is 18.3 Å². The van der Waals surface area contributed by atoms with Gasteiger partial charge in [0.15, 0.2) is 0 Å². The largest absolute Gasteiger partial charge is 0.342 e. The number of benzene rings is 1. The van der Waals surface area contributed by atoms with Gasteiger partial charge in [0.2, 0.25) is 5.91 Å². The van der Waals surface area contributed by atoms with Crippen molar-refractivity contribution in [1.29, 1.82) is 0 Å². The number of aryl methyl sites for hydroxylation is 2. The molecule has 1 atom stereocenters. The van der Waals surface area contributed by atoms with Crippen molar-refractivity contribution in [2.24, 2.45) is 7.05 Å². The van der Waals surface area contributed by atoms with Gasteiger partial charge in [0.1, 0.15) is 0 Å². The molecule has 25 heavy (non-hydrogen) atoms. The van der Waals surface area contributed by atoms with Crippen LogP contribution in [0.3, 0.4) is 0 Å². The third-order valence-electron chi connectivity index (χ3n) is 4.95. The fourth-order valence-corrected chi connectivity index (χ4v) is 4.60. The van der Waals surface area contributed by atoms with Crippen molar-refractivity contribution in [3.63, 3.8) is 0 Å². The highest BCUT2D eigenvalue weighted by atomic mass is 32.1. The Labute approximate surface area is 151 Å². The first-order valence-electron chi connectivity index (χ1n) is 8.81. The van der Waals surface area contributed by atoms with E-state index in [0.29, 0.717) is 12.3 Å². The molecule has 0 unspecified atom stereocenters. The van der Waals surface area contributed by atoms with Gasteiger partial charge in [0.05, 0.1) is 15.2 Å². The topological polar surface area (TPSA) is 51.0 Å². The van der Waals surface area contributed by atoms with Crippen molar-refractivity contribution in [3.8, 4) is 0 Å². The van der Waals surface area contributed by atoms with E-state index in [4.69, 9.17) is 4.98 Å². The fraction of sp³-hybridized carbons (Fsp3) is 0.421. The highest BCUT2D eigenvalue weighted by molar-refractivity contribution is 7.18. The maximum atomic E-state index is 12.6. The number of hydrogen-bond donors (Lipinski definition) is 0. The van der Waals surface area contributed by atoms with Crippen LogP contribution >= 0.6 is 11.3 Å². The van der Waals surface area contributed by atoms with E-state index in [2.05, 4.69) is 23.3 Å². The number of para-hydroxylation sites is 1. The van der Waals surface area contributed by atoms with Crippen LogP contribution in [0.4, 0.5) is 0 Å². The molecule has 0 radical (unpaired) electrons. The molecular formula is C19H22N4OS. The Balaban J connectivity index is 1.41. The van der Waals surface area contributed by atoms with Gasteiger partial charge in [-0.1, -0.05) is 12.1 Å². The van der Waals surface area contributed by atoms with E-state index in [0.717, 1.165) is 43.6 Å². The Kier molecular flexibility index (Phi) is 4.53. The number of fused-ring (bicyclic) bond motifs is 1. The average Bonchev–Trinajstić information content (AvgIpc) is 3.25. The molecule has 0 N–H and O–H groups in total. The van der Waals surface area contributed by atoms with Crippen molar-refractivity contribution in [3.05, 3.63) is 47.2 Å². The van der Waals surface area contributed by atoms with Crippen molar-refractivity contribution >= 4 is 27.5 Å². The summed E-state index contributed by atoms with van der Waals surface area (Å²) in [6.45, 7) is 1.66. The Hall–Kier alpha value is -2.21. The van der Waals surface area contributed by atoms with E-state index >= 15 is 0 Å². The molecule has 1 saturated heterocycles. The predicted molar refractivity (Wildman–Crippen MR) is 99.7 cm³/mol. The smallest absolute Gasteiger partial charge is 0.222 e. The summed E-state index contributed by atoms with van der Waals surface area (Å²) in [6, 6.07) is 10.2. The van der Waals surface area contributed by atoms with Gasteiger partial charge in [0, 0.05) is 44.4 Å². The molecule has 1 aromatic carbocycles. The first-order chi connectivity index (χ1) is 12.2. The quantitative estimate of drug-likeness (QED) is 0.722. The lowest BCUT2D eigenvalue weighted by atomic mass is 9.98. The maximum Gasteiger partial charge on any atom is 0.222 e. The number of amides is 1. The first kappa shape index (κ1) is 16.3. The summed E-state index contributed by atoms with van der Waals surface area (Å²) in [7, 11) is 1.92. The zero-order valence-corrected chi connectivity index (χ0v) is 15.2. The minimum atomic E-state index is 0.243. The van der Waals surface area contributed by atoms with Crippen molar-refractivity contribution < 1.29 is 4.79 Å². The summed E-state index contributed by atoms with van der Waals surface area (Å²) in [5.41, 5.74) is 2.18. The molecule has 3 aromatic rings. The van der Waals surface area contributed by atoms with Crippen LogP contribution in [0.2, 0.25) is 0 Å². The molecule has 1 fully saturated rings. The van der Waals surface area contributed by atoms with Gasteiger partial charge in [-0.3, -0.25) is 9.48 Å². The molecule has 1 amide bonds. The molecule has 0 spiro atoms. The number of carbonyl (C=O) groups excluding carboxylic acids is 1. The number of likely N-dealkylation sites (tertiary alicyclic amines) is 1. The molecule has 0 aliphatic carbocycles. The zero-order valence-electron chi connectivity index (χ0n) is 14.4. The third-order valence-corrected chi connectivity index (χ3v) is 6.15. The second-order valence-electron chi connectivity index (χ2n) is 6.64. The number of piperidine rings is 1. The van der Waals surface area contributed by atoms with Crippen LogP contribution in [0.1, 0.15) is 35.9 Å². The van der Waals surface area contributed by atoms with Crippen molar-refractivity contribution in [2.45, 2.75) is 31.6 Å². The zero-order chi connectivity index (χ0) is 17.2. The molecule has 0 saturated carbocycles. The lowest BCUT2D eigenvalue weighted by molar-refractivity contribution is -0.132. The van der Waals surface area contributed by atoms with E-state index < -0.39 is 0 Å². The molecule has 1 aliphatic rings. The molecule has 4 rings (SSSR count). The van der Waals surface area contributed by atoms with Crippen molar-refractivity contribution in [2.75, 3.05) is 13.1 Å². The molecule has 0 bridgehead atoms. The molecule has 1 aliphatic heterocycles. The lowest BCUT2D eigenvalue weighted by Gasteiger charge is -2.32. The van der Waals surface area contributed by atoms with E-state index in [9.17, 15) is 4.79 Å². The summed E-state index contributed by atoms with van der Waals surface area (Å²) in [5, 5.41) is 5.34. The number of carbonyl (C=O) groups is 1. The summed E-state index contributed by atoms with van der Waals surface area (Å²) in [4.78, 5) is 19.5. The van der Waals surface area contributed by atoms with Crippen LogP contribution in [0, 0.1) is 0 Å². The first-order valence-corrected chi connectivity index (χ1v) is 9.62. The van der Waals surface area contributed by atoms with Gasteiger partial charge in [-0.25, -0.2) is 4.98 Å². The Morgan fingerprint density at radius 3 is 3.00 bits per heavy atom. The molecular weight excluding hydrogens is 332 g/mol. The normalized spacial score (nSPS) is 18.0. The van der Waals surface area contributed by atoms with E-state index in [1.165, 1.54) is 9.71 Å². The second kappa shape index (κ2) is 6.96. The molecule has 5 nitrogen and oxygen atoms in total. The van der Waals surface area contributed by atoms with Gasteiger partial charge in [-0.15, -0.1) is 11.3 Å². The van der Waals surface area contributed by atoms with E-state index in [1.807, 2.05) is 28.8 Å². The maximum absolute atomic E-state index is 12.6. The predicted octanol–water partition coefficient (Wildman–Crippen LogP) is 3.37. The summed E-state index contributed by atoms with van der Waals surface area (Å²) in [6.07, 6.45) is 5.25. The SMILES string of the molecule is Cn1nccc1CCC(=O)N1CCC[C@H](c2nc3ccccc3s2)C1. The Morgan fingerprint density at radius 1 is 1.32 bits per heavy atom. The second-order valence-corrected chi connectivity index (χ2v) is 7.71. The number of aromatic nitrogens is 3. The molecule has 2 aromatic heterocycles. The lowest BCUT2D eigenvalue weighted by Crippen LogP contribution is -2.39. The minimum absolute atomic E-state index is 0.243. The Bertz CT molecular complexity index is 851. The van der Waals surface area contributed by atoms with E-state index in [1.54, 1.807) is 17.5 Å². The van der Waals surface area contributed by atoms with Gasteiger partial charge >= 0.3 is 0 Å². The van der Waals surface area contributed by atoms with Crippen molar-refractivity contribution in [1.82, 2.24) is 19.7 Å². The summed E-state index contributed by atoms with van der Waals surface area (Å²) >= 11 is 1.77. The van der Waals surface area contributed by atoms with Crippen LogP contribution in [-0.4, -0.2) is 38.7 Å². The monoisotopic (exact) mass is 354 g/mol. The van der Waals surface area contributed by atoms with Crippen LogP contribution in [0.15, 0.2) is 36.5 Å². The summed E-state index contributed by atoms with van der Waals surface area (Å²) < 4.78 is 3.07. The standard InChI is InChI=1S/C19H22N4OS/c1-22-15(10-11-20-22)8-9-18(24)23-12-4-5-14(13-23)19-21-16-6-2-3-7-17(16)25-19/h2-3,6-7,10-11,14H,4-5,8-9,12-13H2,1H3/t14-/m0/s1. The molecule has 6 heteroatoms.